The van der Waals surface area contributed by atoms with Crippen LogP contribution in [0.4, 0.5) is 11.4 Å². The molecule has 3 aromatic rings. The van der Waals surface area contributed by atoms with Gasteiger partial charge in [-0.1, -0.05) is 18.2 Å². The van der Waals surface area contributed by atoms with Gasteiger partial charge in [-0.25, -0.2) is 0 Å². The van der Waals surface area contributed by atoms with Gasteiger partial charge in [-0.3, -0.25) is 24.0 Å². The number of carbonyl (C=O) groups is 5. The van der Waals surface area contributed by atoms with E-state index in [1.54, 1.807) is 30.3 Å². The Kier molecular flexibility index (Phi) is 4.64. The summed E-state index contributed by atoms with van der Waals surface area (Å²) in [5.41, 5.74) is 0.815. The first-order valence-electron chi connectivity index (χ1n) is 10.1. The number of nitroso groups, excluding NO2 is 1. The van der Waals surface area contributed by atoms with Gasteiger partial charge in [0, 0.05) is 33.1 Å². The third-order valence-electron chi connectivity index (χ3n) is 5.57. The molecule has 1 N–H and O–H groups in total. The molecule has 0 unspecified atom stereocenters. The molecule has 2 aliphatic heterocycles. The number of carbonyl (C=O) groups excluding carboxylic acids is 5. The summed E-state index contributed by atoms with van der Waals surface area (Å²) >= 11 is 0. The molecule has 0 fully saturated rings. The van der Waals surface area contributed by atoms with Gasteiger partial charge in [0.2, 0.25) is 0 Å². The zero-order chi connectivity index (χ0) is 24.1. The van der Waals surface area contributed by atoms with E-state index in [9.17, 15) is 28.9 Å². The predicted octanol–water partition coefficient (Wildman–Crippen LogP) is 2.79. The lowest BCUT2D eigenvalue weighted by atomic mass is 10.1. The van der Waals surface area contributed by atoms with Crippen LogP contribution in [0.1, 0.15) is 51.8 Å². The normalized spacial score (nSPS) is 14.4. The van der Waals surface area contributed by atoms with Crippen molar-refractivity contribution in [1.29, 1.82) is 0 Å². The van der Waals surface area contributed by atoms with Crippen molar-refractivity contribution in [2.45, 2.75) is 0 Å². The summed E-state index contributed by atoms with van der Waals surface area (Å²) in [7, 11) is 1.32. The van der Waals surface area contributed by atoms with Crippen LogP contribution in [0, 0.1) is 4.91 Å². The summed E-state index contributed by atoms with van der Waals surface area (Å²) in [5.74, 6) is -3.87. The van der Waals surface area contributed by atoms with Crippen LogP contribution in [0.2, 0.25) is 0 Å². The molecule has 0 aliphatic carbocycles. The van der Waals surface area contributed by atoms with Crippen molar-refractivity contribution in [3.8, 4) is 0 Å². The lowest BCUT2D eigenvalue weighted by Crippen LogP contribution is -2.49. The van der Waals surface area contributed by atoms with Gasteiger partial charge in [0.1, 0.15) is 0 Å². The first-order chi connectivity index (χ1) is 16.3. The van der Waals surface area contributed by atoms with E-state index in [4.69, 9.17) is 0 Å². The minimum atomic E-state index is -0.890. The number of hydrogen-bond donors (Lipinski definition) is 1. The minimum absolute atomic E-state index is 0.0342. The molecule has 166 valence electrons. The van der Waals surface area contributed by atoms with E-state index >= 15 is 0 Å². The smallest absolute Gasteiger partial charge is 0.281 e. The van der Waals surface area contributed by atoms with Gasteiger partial charge in [0.15, 0.2) is 7.05 Å². The molecule has 0 aromatic heterocycles. The zero-order valence-corrected chi connectivity index (χ0v) is 17.6. The molecule has 2 aliphatic rings. The molecule has 5 rings (SSSR count). The Morgan fingerprint density at radius 2 is 1.26 bits per heavy atom. The Balaban J connectivity index is 1.43. The van der Waals surface area contributed by atoms with Gasteiger partial charge in [-0.2, -0.15) is 10.0 Å². The number of benzene rings is 3. The van der Waals surface area contributed by atoms with Crippen molar-refractivity contribution in [3.63, 3.8) is 0 Å². The molecule has 0 saturated heterocycles. The summed E-state index contributed by atoms with van der Waals surface area (Å²) in [6.07, 6.45) is 0. The maximum atomic E-state index is 13.1. The van der Waals surface area contributed by atoms with Crippen molar-refractivity contribution in [2.24, 2.45) is 0 Å². The fraction of sp³-hybridized carbons (Fsp3) is 0.0417. The molecule has 5 amide bonds. The van der Waals surface area contributed by atoms with E-state index in [-0.39, 0.29) is 27.8 Å². The van der Waals surface area contributed by atoms with Gasteiger partial charge >= 0.3 is 0 Å². The Bertz CT molecular complexity index is 1440. The van der Waals surface area contributed by atoms with Crippen LogP contribution in [0.15, 0.2) is 66.7 Å². The van der Waals surface area contributed by atoms with Gasteiger partial charge in [0.05, 0.1) is 22.3 Å². The van der Waals surface area contributed by atoms with Gasteiger partial charge in [-0.05, 0) is 36.4 Å². The number of imide groups is 2. The SMILES string of the molecule is C[N+](=O)c1cccc(NC(=O)c2ccc3c(c2)C(=O)N(N2C(=O)c4ccccc4C2=O)C3=O)c1. The number of rotatable bonds is 4. The number of anilines is 1. The molecule has 34 heavy (non-hydrogen) atoms. The van der Waals surface area contributed by atoms with Crippen LogP contribution >= 0.6 is 0 Å². The van der Waals surface area contributed by atoms with E-state index in [1.807, 2.05) is 0 Å². The van der Waals surface area contributed by atoms with E-state index in [1.165, 1.54) is 43.4 Å². The Morgan fingerprint density at radius 1 is 0.706 bits per heavy atom. The highest BCUT2D eigenvalue weighted by Crippen LogP contribution is 2.31. The maximum absolute atomic E-state index is 13.1. The molecule has 10 heteroatoms. The Morgan fingerprint density at radius 3 is 1.85 bits per heavy atom. The van der Waals surface area contributed by atoms with Crippen LogP contribution < -0.4 is 5.32 Å². The number of nitrogens with zero attached hydrogens (tertiary/aromatic N) is 3. The molecule has 0 spiro atoms. The molecular weight excluding hydrogens is 440 g/mol. The standard InChI is InChI=1S/C24H14N4O6/c1-26(34)15-6-4-5-14(12-15)25-20(29)13-9-10-18-19(11-13)24(33)28(23(18)32)27-21(30)16-7-2-3-8-17(16)22(27)31/h2-12H,1H3/p+1. The average molecular weight is 455 g/mol. The second-order valence-electron chi connectivity index (χ2n) is 7.65. The second kappa shape index (κ2) is 7.55. The number of hydrogen-bond acceptors (Lipinski definition) is 6. The third-order valence-corrected chi connectivity index (χ3v) is 5.57. The molecule has 0 atom stereocenters. The highest BCUT2D eigenvalue weighted by atomic mass is 16.3. The molecule has 0 saturated carbocycles. The van der Waals surface area contributed by atoms with E-state index in [2.05, 4.69) is 5.32 Å². The van der Waals surface area contributed by atoms with Crippen molar-refractivity contribution in [1.82, 2.24) is 10.0 Å². The number of nitrogens with one attached hydrogen (secondary N) is 1. The summed E-state index contributed by atoms with van der Waals surface area (Å²) in [5, 5.41) is 3.66. The fourth-order valence-corrected chi connectivity index (χ4v) is 3.89. The lowest BCUT2D eigenvalue weighted by Gasteiger charge is -2.23. The van der Waals surface area contributed by atoms with Crippen molar-refractivity contribution in [3.05, 3.63) is 99.5 Å². The van der Waals surface area contributed by atoms with Crippen molar-refractivity contribution in [2.75, 3.05) is 12.4 Å². The minimum Gasteiger partial charge on any atom is -0.322 e. The average Bonchev–Trinajstić information content (AvgIpc) is 3.23. The van der Waals surface area contributed by atoms with Crippen molar-refractivity contribution >= 4 is 40.9 Å². The number of amides is 5. The highest BCUT2D eigenvalue weighted by molar-refractivity contribution is 6.28. The van der Waals surface area contributed by atoms with Crippen LogP contribution in [0.5, 0.6) is 0 Å². The van der Waals surface area contributed by atoms with Crippen LogP contribution in [-0.2, 0) is 0 Å². The third kappa shape index (κ3) is 3.08. The quantitative estimate of drug-likeness (QED) is 0.477. The summed E-state index contributed by atoms with van der Waals surface area (Å²) in [6, 6.07) is 16.2. The molecule has 0 radical (unpaired) electrons. The summed E-state index contributed by atoms with van der Waals surface area (Å²) in [4.78, 5) is 75.8. The Hall–Kier alpha value is -4.99. The van der Waals surface area contributed by atoms with E-state index < -0.39 is 29.5 Å². The van der Waals surface area contributed by atoms with E-state index in [0.717, 1.165) is 0 Å². The van der Waals surface area contributed by atoms with Crippen molar-refractivity contribution < 1.29 is 28.7 Å². The summed E-state index contributed by atoms with van der Waals surface area (Å²) < 4.78 is 0.642. The zero-order valence-electron chi connectivity index (χ0n) is 17.6. The fourth-order valence-electron chi connectivity index (χ4n) is 3.89. The number of fused-ring (bicyclic) bond motifs is 2. The second-order valence-corrected chi connectivity index (χ2v) is 7.65. The highest BCUT2D eigenvalue weighted by Gasteiger charge is 2.48. The molecular formula is C24H15N4O6+. The molecule has 2 heterocycles. The van der Waals surface area contributed by atoms with Crippen LogP contribution in [0.3, 0.4) is 0 Å². The first kappa shape index (κ1) is 20.9. The molecule has 3 aromatic carbocycles. The predicted molar refractivity (Wildman–Crippen MR) is 117 cm³/mol. The lowest BCUT2D eigenvalue weighted by molar-refractivity contribution is -0.428. The van der Waals surface area contributed by atoms with E-state index in [0.29, 0.717) is 26.2 Å². The van der Waals surface area contributed by atoms with Gasteiger partial charge in [0.25, 0.3) is 35.2 Å². The number of hydrazine groups is 1. The maximum Gasteiger partial charge on any atom is 0.281 e. The van der Waals surface area contributed by atoms with Crippen LogP contribution in [-0.4, -0.2) is 51.4 Å². The van der Waals surface area contributed by atoms with Gasteiger partial charge in [-0.15, -0.1) is 0 Å². The van der Waals surface area contributed by atoms with Crippen LogP contribution in [0.25, 0.3) is 0 Å². The Labute approximate surface area is 191 Å². The largest absolute Gasteiger partial charge is 0.322 e. The van der Waals surface area contributed by atoms with Gasteiger partial charge < -0.3 is 5.32 Å². The first-order valence-corrected chi connectivity index (χ1v) is 10.1. The molecule has 10 nitrogen and oxygen atoms in total. The summed E-state index contributed by atoms with van der Waals surface area (Å²) in [6.45, 7) is 0. The monoisotopic (exact) mass is 455 g/mol. The topological polar surface area (TPSA) is 124 Å². The molecule has 0 bridgehead atoms.